The van der Waals surface area contributed by atoms with Crippen molar-refractivity contribution in [2.75, 3.05) is 26.2 Å². The third-order valence-electron chi connectivity index (χ3n) is 5.19. The molecule has 36 heavy (non-hydrogen) atoms. The Balaban J connectivity index is 1.32. The first-order valence-electron chi connectivity index (χ1n) is 11.2. The van der Waals surface area contributed by atoms with E-state index in [1.807, 2.05) is 34.3 Å². The summed E-state index contributed by atoms with van der Waals surface area (Å²) < 4.78 is 0. The molecule has 0 aromatic heterocycles. The molecule has 10 nitrogen and oxygen atoms in total. The highest BCUT2D eigenvalue weighted by Crippen LogP contribution is 2.04. The van der Waals surface area contributed by atoms with Gasteiger partial charge in [-0.25, -0.2) is 10.0 Å². The summed E-state index contributed by atoms with van der Waals surface area (Å²) in [6.45, 7) is 5.90. The molecule has 12 heteroatoms. The highest BCUT2D eigenvalue weighted by atomic mass is 32.1. The van der Waals surface area contributed by atoms with Crippen molar-refractivity contribution in [3.63, 3.8) is 0 Å². The maximum atomic E-state index is 11.3. The second kappa shape index (κ2) is 13.5. The molecule has 0 amide bonds. The molecule has 3 rings (SSSR count). The molecule has 4 N–H and O–H groups in total. The van der Waals surface area contributed by atoms with Crippen LogP contribution in [-0.2, 0) is 0 Å². The number of carbonyl (C=O) groups is 2. The van der Waals surface area contributed by atoms with E-state index >= 15 is 0 Å². The third kappa shape index (κ3) is 8.89. The van der Waals surface area contributed by atoms with Gasteiger partial charge < -0.3 is 0 Å². The largest absolute Gasteiger partial charge is 0.295 e. The van der Waals surface area contributed by atoms with Gasteiger partial charge in [0.25, 0.3) is 0 Å². The lowest BCUT2D eigenvalue weighted by atomic mass is 10.1. The van der Waals surface area contributed by atoms with Gasteiger partial charge in [-0.05, 0) is 49.4 Å². The van der Waals surface area contributed by atoms with Gasteiger partial charge in [-0.15, -0.1) is 0 Å². The Morgan fingerprint density at radius 3 is 1.33 bits per heavy atom. The molecule has 2 aromatic rings. The second-order valence-corrected chi connectivity index (χ2v) is 8.77. The van der Waals surface area contributed by atoms with Gasteiger partial charge in [0.05, 0.1) is 12.4 Å². The normalized spacial score (nSPS) is 14.5. The van der Waals surface area contributed by atoms with E-state index in [-0.39, 0.29) is 11.6 Å². The smallest absolute Gasteiger partial charge is 0.201 e. The molecule has 1 saturated heterocycles. The van der Waals surface area contributed by atoms with E-state index in [1.54, 1.807) is 36.7 Å². The summed E-state index contributed by atoms with van der Waals surface area (Å²) in [4.78, 5) is 22.7. The van der Waals surface area contributed by atoms with Crippen molar-refractivity contribution in [2.45, 2.75) is 13.8 Å². The molecule has 0 bridgehead atoms. The predicted molar refractivity (Wildman–Crippen MR) is 149 cm³/mol. The van der Waals surface area contributed by atoms with Crippen LogP contribution in [0.4, 0.5) is 0 Å². The first kappa shape index (κ1) is 27.0. The molecule has 188 valence electrons. The fourth-order valence-electron chi connectivity index (χ4n) is 3.21. The number of thiocarbonyl (C=S) groups is 2. The van der Waals surface area contributed by atoms with Crippen molar-refractivity contribution in [1.29, 1.82) is 0 Å². The molecule has 0 spiro atoms. The minimum absolute atomic E-state index is 0.0258. The van der Waals surface area contributed by atoms with Gasteiger partial charge in [-0.3, -0.25) is 31.3 Å². The van der Waals surface area contributed by atoms with Crippen molar-refractivity contribution in [3.8, 4) is 0 Å². The van der Waals surface area contributed by atoms with Crippen molar-refractivity contribution in [3.05, 3.63) is 70.8 Å². The zero-order valence-corrected chi connectivity index (χ0v) is 21.7. The second-order valence-electron chi connectivity index (χ2n) is 7.95. The van der Waals surface area contributed by atoms with E-state index in [0.29, 0.717) is 47.5 Å². The molecule has 0 aliphatic carbocycles. The molecule has 0 radical (unpaired) electrons. The minimum Gasteiger partial charge on any atom is -0.295 e. The Kier molecular flexibility index (Phi) is 10.1. The van der Waals surface area contributed by atoms with Gasteiger partial charge >= 0.3 is 0 Å². The van der Waals surface area contributed by atoms with Crippen molar-refractivity contribution >= 4 is 58.7 Å². The van der Waals surface area contributed by atoms with E-state index in [9.17, 15) is 9.59 Å². The third-order valence-corrected chi connectivity index (χ3v) is 5.56. The number of Topliss-reactive ketones (excluding diaryl/α,β-unsaturated/α-hetero) is 2. The van der Waals surface area contributed by atoms with Crippen LogP contribution in [-0.4, -0.2) is 70.4 Å². The minimum atomic E-state index is 0.0258. The fourth-order valence-corrected chi connectivity index (χ4v) is 3.57. The molecule has 0 unspecified atom stereocenters. The summed E-state index contributed by atoms with van der Waals surface area (Å²) in [7, 11) is 0. The Morgan fingerprint density at radius 1 is 0.694 bits per heavy atom. The number of nitrogens with one attached hydrogen (secondary N) is 4. The lowest BCUT2D eigenvalue weighted by Gasteiger charge is -2.35. The zero-order chi connectivity index (χ0) is 25.9. The van der Waals surface area contributed by atoms with Crippen molar-refractivity contribution < 1.29 is 9.59 Å². The number of hydrazone groups is 2. The molecule has 0 atom stereocenters. The fraction of sp³-hybridized carbons (Fsp3) is 0.250. The summed E-state index contributed by atoms with van der Waals surface area (Å²) >= 11 is 10.6. The number of carbonyl (C=O) groups excluding carboxylic acids is 2. The lowest BCUT2D eigenvalue weighted by Crippen LogP contribution is -2.59. The molecular weight excluding hydrogens is 496 g/mol. The molecule has 1 aliphatic heterocycles. The lowest BCUT2D eigenvalue weighted by molar-refractivity contribution is 0.0936. The van der Waals surface area contributed by atoms with Crippen molar-refractivity contribution in [1.82, 2.24) is 31.7 Å². The molecular formula is C24H28N8O2S2. The molecule has 2 aromatic carbocycles. The van der Waals surface area contributed by atoms with Crippen LogP contribution in [0, 0.1) is 0 Å². The summed E-state index contributed by atoms with van der Waals surface area (Å²) in [5.41, 5.74) is 14.8. The molecule has 1 fully saturated rings. The SMILES string of the molecule is CC(=O)c1ccc(/C=N\NC(=S)NN2CCN(NC(=S)N/N=C\c3ccc(C(C)=O)cc3)CC2)cc1. The number of hydrogen-bond acceptors (Lipinski definition) is 8. The van der Waals surface area contributed by atoms with E-state index in [2.05, 4.69) is 31.9 Å². The van der Waals surface area contributed by atoms with Crippen LogP contribution in [0.15, 0.2) is 58.7 Å². The summed E-state index contributed by atoms with van der Waals surface area (Å²) in [5.74, 6) is 0.0515. The summed E-state index contributed by atoms with van der Waals surface area (Å²) in [5, 5.41) is 13.0. The van der Waals surface area contributed by atoms with Gasteiger partial charge in [0.1, 0.15) is 0 Å². The van der Waals surface area contributed by atoms with Gasteiger partial charge in [0.15, 0.2) is 11.6 Å². The highest BCUT2D eigenvalue weighted by molar-refractivity contribution is 7.80. The van der Waals surface area contributed by atoms with Gasteiger partial charge in [-0.1, -0.05) is 48.5 Å². The van der Waals surface area contributed by atoms with Crippen LogP contribution in [0.5, 0.6) is 0 Å². The Bertz CT molecular complexity index is 1050. The highest BCUT2D eigenvalue weighted by Gasteiger charge is 2.17. The van der Waals surface area contributed by atoms with Crippen LogP contribution in [0.3, 0.4) is 0 Å². The summed E-state index contributed by atoms with van der Waals surface area (Å²) in [6.07, 6.45) is 3.27. The van der Waals surface area contributed by atoms with Crippen LogP contribution >= 0.6 is 24.4 Å². The molecule has 1 heterocycles. The van der Waals surface area contributed by atoms with Gasteiger partial charge in [0, 0.05) is 37.3 Å². The molecule has 0 saturated carbocycles. The molecule has 1 aliphatic rings. The maximum absolute atomic E-state index is 11.3. The van der Waals surface area contributed by atoms with Crippen LogP contribution < -0.4 is 21.7 Å². The van der Waals surface area contributed by atoms with Gasteiger partial charge in [0.2, 0.25) is 10.2 Å². The first-order chi connectivity index (χ1) is 17.3. The van der Waals surface area contributed by atoms with Crippen LogP contribution in [0.1, 0.15) is 45.7 Å². The maximum Gasteiger partial charge on any atom is 0.201 e. The number of benzene rings is 2. The quantitative estimate of drug-likeness (QED) is 0.177. The number of hydrazine groups is 2. The van der Waals surface area contributed by atoms with Crippen molar-refractivity contribution in [2.24, 2.45) is 10.2 Å². The average molecular weight is 525 g/mol. The number of ketones is 2. The Morgan fingerprint density at radius 2 is 1.03 bits per heavy atom. The van der Waals surface area contributed by atoms with E-state index in [4.69, 9.17) is 24.4 Å². The number of rotatable bonds is 8. The Hall–Kier alpha value is -3.58. The number of hydrogen-bond donors (Lipinski definition) is 4. The summed E-state index contributed by atoms with van der Waals surface area (Å²) in [6, 6.07) is 14.3. The monoisotopic (exact) mass is 524 g/mol. The van der Waals surface area contributed by atoms with E-state index in [1.165, 1.54) is 13.8 Å². The van der Waals surface area contributed by atoms with Crippen LogP contribution in [0.2, 0.25) is 0 Å². The van der Waals surface area contributed by atoms with Crippen LogP contribution in [0.25, 0.3) is 0 Å². The average Bonchev–Trinajstić information content (AvgIpc) is 2.86. The van der Waals surface area contributed by atoms with E-state index < -0.39 is 0 Å². The van der Waals surface area contributed by atoms with Gasteiger partial charge in [-0.2, -0.15) is 10.2 Å². The number of piperazine rings is 1. The van der Waals surface area contributed by atoms with E-state index in [0.717, 1.165) is 11.1 Å². The topological polar surface area (TPSA) is 113 Å². The zero-order valence-electron chi connectivity index (χ0n) is 20.0. The standard InChI is InChI=1S/C24H28N8O2S2/c1-17(33)21-7-3-19(4-8-21)15-25-27-23(35)29-31-11-13-32(14-12-31)30-24(36)28-26-16-20-5-9-22(10-6-20)18(2)34/h3-10,15-16H,11-14H2,1-2H3,(H2,27,29,35)(H2,28,30,36)/b25-15-,26-16-. The predicted octanol–water partition coefficient (Wildman–Crippen LogP) is 1.84. The number of nitrogens with zero attached hydrogens (tertiary/aromatic N) is 4. The first-order valence-corrected chi connectivity index (χ1v) is 12.0. The Labute approximate surface area is 220 Å².